The minimum absolute atomic E-state index is 0.104. The molecule has 0 spiro atoms. The molecule has 3 rings (SSSR count). The highest BCUT2D eigenvalue weighted by atomic mass is 19.1. The second kappa shape index (κ2) is 3.76. The molecule has 2 fully saturated rings. The third kappa shape index (κ3) is 1.60. The monoisotopic (exact) mass is 219 g/mol. The summed E-state index contributed by atoms with van der Waals surface area (Å²) in [5.74, 6) is 1.65. The van der Waals surface area contributed by atoms with Gasteiger partial charge in [0.05, 0.1) is 0 Å². The van der Waals surface area contributed by atoms with Crippen molar-refractivity contribution in [1.82, 2.24) is 0 Å². The van der Waals surface area contributed by atoms with Gasteiger partial charge in [-0.2, -0.15) is 0 Å². The summed E-state index contributed by atoms with van der Waals surface area (Å²) >= 11 is 0. The van der Waals surface area contributed by atoms with Crippen molar-refractivity contribution in [2.24, 2.45) is 11.8 Å². The van der Waals surface area contributed by atoms with Crippen molar-refractivity contribution < 1.29 is 4.39 Å². The molecule has 0 radical (unpaired) electrons. The Kier molecular flexibility index (Phi) is 2.38. The Labute approximate surface area is 96.1 Å². The van der Waals surface area contributed by atoms with Gasteiger partial charge in [-0.25, -0.2) is 4.39 Å². The van der Waals surface area contributed by atoms with Gasteiger partial charge in [-0.1, -0.05) is 12.5 Å². The van der Waals surface area contributed by atoms with Gasteiger partial charge in [0.1, 0.15) is 5.82 Å². The second-order valence-corrected chi connectivity index (χ2v) is 5.34. The van der Waals surface area contributed by atoms with Crippen LogP contribution in [0.4, 0.5) is 10.1 Å². The van der Waals surface area contributed by atoms with Gasteiger partial charge in [-0.05, 0) is 50.2 Å². The maximum absolute atomic E-state index is 13.4. The van der Waals surface area contributed by atoms with Crippen LogP contribution in [-0.2, 0) is 0 Å². The van der Waals surface area contributed by atoms with Crippen molar-refractivity contribution in [3.05, 3.63) is 29.6 Å². The van der Waals surface area contributed by atoms with Gasteiger partial charge in [0.25, 0.3) is 0 Å². The quantitative estimate of drug-likeness (QED) is 0.799. The highest BCUT2D eigenvalue weighted by Gasteiger charge is 2.39. The van der Waals surface area contributed by atoms with Crippen molar-refractivity contribution in [3.63, 3.8) is 0 Å². The molecule has 2 heteroatoms. The molecule has 0 heterocycles. The largest absolute Gasteiger partial charge is 0.382 e. The number of benzene rings is 1. The van der Waals surface area contributed by atoms with E-state index >= 15 is 0 Å². The predicted molar refractivity (Wildman–Crippen MR) is 64.0 cm³/mol. The van der Waals surface area contributed by atoms with E-state index in [9.17, 15) is 4.39 Å². The van der Waals surface area contributed by atoms with Crippen molar-refractivity contribution >= 4 is 5.69 Å². The summed E-state index contributed by atoms with van der Waals surface area (Å²) in [4.78, 5) is 0. The summed E-state index contributed by atoms with van der Waals surface area (Å²) in [6, 6.07) is 5.89. The minimum atomic E-state index is -0.104. The predicted octanol–water partition coefficient (Wildman–Crippen LogP) is 3.73. The third-order valence-corrected chi connectivity index (χ3v) is 4.35. The van der Waals surface area contributed by atoms with Gasteiger partial charge in [0.2, 0.25) is 0 Å². The topological polar surface area (TPSA) is 12.0 Å². The number of nitrogens with one attached hydrogen (secondary N) is 1. The number of anilines is 1. The number of hydrogen-bond donors (Lipinski definition) is 1. The molecule has 1 aromatic carbocycles. The molecule has 1 aromatic rings. The zero-order chi connectivity index (χ0) is 11.1. The lowest BCUT2D eigenvalue weighted by Gasteiger charge is -2.25. The lowest BCUT2D eigenvalue weighted by molar-refractivity contribution is 0.439. The molecule has 0 aliphatic heterocycles. The number of hydrogen-bond acceptors (Lipinski definition) is 1. The van der Waals surface area contributed by atoms with Crippen LogP contribution in [0.25, 0.3) is 0 Å². The average molecular weight is 219 g/mol. The van der Waals surface area contributed by atoms with E-state index in [1.165, 1.54) is 31.7 Å². The Balaban J connectivity index is 1.77. The van der Waals surface area contributed by atoms with Crippen LogP contribution in [0.2, 0.25) is 0 Å². The molecular formula is C14H18FN. The molecule has 2 aliphatic rings. The van der Waals surface area contributed by atoms with E-state index in [4.69, 9.17) is 0 Å². The first-order valence-corrected chi connectivity index (χ1v) is 6.25. The zero-order valence-electron chi connectivity index (χ0n) is 9.67. The van der Waals surface area contributed by atoms with E-state index in [1.54, 1.807) is 6.07 Å². The average Bonchev–Trinajstić information content (AvgIpc) is 2.86. The normalized spacial score (nSPS) is 32.0. The Morgan fingerprint density at radius 2 is 2.12 bits per heavy atom. The highest BCUT2D eigenvalue weighted by molar-refractivity contribution is 5.52. The molecule has 3 unspecified atom stereocenters. The SMILES string of the molecule is Cc1c(F)cccc1NC1CC2CCC1C2. The first kappa shape index (κ1) is 10.1. The van der Waals surface area contributed by atoms with Gasteiger partial charge < -0.3 is 5.32 Å². The van der Waals surface area contributed by atoms with E-state index in [1.807, 2.05) is 13.0 Å². The first-order chi connectivity index (χ1) is 7.74. The molecule has 0 aromatic heterocycles. The van der Waals surface area contributed by atoms with E-state index < -0.39 is 0 Å². The number of rotatable bonds is 2. The maximum Gasteiger partial charge on any atom is 0.128 e. The molecule has 1 N–H and O–H groups in total. The summed E-state index contributed by atoms with van der Waals surface area (Å²) in [6.07, 6.45) is 5.42. The fraction of sp³-hybridized carbons (Fsp3) is 0.571. The molecule has 86 valence electrons. The van der Waals surface area contributed by atoms with Crippen molar-refractivity contribution in [1.29, 1.82) is 0 Å². The molecule has 2 saturated carbocycles. The van der Waals surface area contributed by atoms with Crippen LogP contribution < -0.4 is 5.32 Å². The molecular weight excluding hydrogens is 201 g/mol. The molecule has 2 bridgehead atoms. The Morgan fingerprint density at radius 3 is 2.81 bits per heavy atom. The molecule has 0 amide bonds. The van der Waals surface area contributed by atoms with E-state index in [-0.39, 0.29) is 5.82 Å². The molecule has 3 atom stereocenters. The lowest BCUT2D eigenvalue weighted by Crippen LogP contribution is -2.26. The Morgan fingerprint density at radius 1 is 1.25 bits per heavy atom. The zero-order valence-corrected chi connectivity index (χ0v) is 9.67. The number of fused-ring (bicyclic) bond motifs is 2. The Hall–Kier alpha value is -1.05. The third-order valence-electron chi connectivity index (χ3n) is 4.35. The maximum atomic E-state index is 13.4. The summed E-state index contributed by atoms with van der Waals surface area (Å²) in [5.41, 5.74) is 1.74. The van der Waals surface area contributed by atoms with Crippen LogP contribution in [0.5, 0.6) is 0 Å². The van der Waals surface area contributed by atoms with Crippen LogP contribution in [0, 0.1) is 24.6 Å². The molecule has 0 saturated heterocycles. The van der Waals surface area contributed by atoms with E-state index in [2.05, 4.69) is 5.32 Å². The molecule has 16 heavy (non-hydrogen) atoms. The summed E-state index contributed by atoms with van der Waals surface area (Å²) in [7, 11) is 0. The van der Waals surface area contributed by atoms with E-state index in [0.717, 1.165) is 23.1 Å². The van der Waals surface area contributed by atoms with Crippen molar-refractivity contribution in [2.75, 3.05) is 5.32 Å². The van der Waals surface area contributed by atoms with Gasteiger partial charge in [0.15, 0.2) is 0 Å². The first-order valence-electron chi connectivity index (χ1n) is 6.25. The van der Waals surface area contributed by atoms with Crippen LogP contribution >= 0.6 is 0 Å². The molecule has 1 nitrogen and oxygen atoms in total. The van der Waals surface area contributed by atoms with E-state index in [0.29, 0.717) is 6.04 Å². The van der Waals surface area contributed by atoms with Crippen LogP contribution in [-0.4, -0.2) is 6.04 Å². The highest BCUT2D eigenvalue weighted by Crippen LogP contribution is 2.45. The molecule has 2 aliphatic carbocycles. The standard InChI is InChI=1S/C14H18FN/c1-9-12(15)3-2-4-13(9)16-14-8-10-5-6-11(14)7-10/h2-4,10-11,14,16H,5-8H2,1H3. The van der Waals surface area contributed by atoms with Gasteiger partial charge in [-0.15, -0.1) is 0 Å². The van der Waals surface area contributed by atoms with Gasteiger partial charge in [0, 0.05) is 17.3 Å². The summed E-state index contributed by atoms with van der Waals surface area (Å²) in [6.45, 7) is 1.85. The second-order valence-electron chi connectivity index (χ2n) is 5.34. The van der Waals surface area contributed by atoms with Crippen molar-refractivity contribution in [2.45, 2.75) is 38.6 Å². The Bertz CT molecular complexity index is 402. The fourth-order valence-electron chi connectivity index (χ4n) is 3.39. The summed E-state index contributed by atoms with van der Waals surface area (Å²) in [5, 5.41) is 3.54. The van der Waals surface area contributed by atoms with Crippen LogP contribution in [0.15, 0.2) is 18.2 Å². The fourth-order valence-corrected chi connectivity index (χ4v) is 3.39. The lowest BCUT2D eigenvalue weighted by atomic mass is 9.95. The minimum Gasteiger partial charge on any atom is -0.382 e. The van der Waals surface area contributed by atoms with Gasteiger partial charge in [-0.3, -0.25) is 0 Å². The summed E-state index contributed by atoms with van der Waals surface area (Å²) < 4.78 is 13.4. The number of halogens is 1. The van der Waals surface area contributed by atoms with Crippen molar-refractivity contribution in [3.8, 4) is 0 Å². The van der Waals surface area contributed by atoms with Crippen LogP contribution in [0.3, 0.4) is 0 Å². The smallest absolute Gasteiger partial charge is 0.128 e. The van der Waals surface area contributed by atoms with Crippen LogP contribution in [0.1, 0.15) is 31.2 Å². The van der Waals surface area contributed by atoms with Gasteiger partial charge >= 0.3 is 0 Å².